The van der Waals surface area contributed by atoms with Gasteiger partial charge in [0.25, 0.3) is 0 Å². The number of aliphatic hydroxyl groups excluding tert-OH is 1. The Morgan fingerprint density at radius 3 is 3.00 bits per heavy atom. The van der Waals surface area contributed by atoms with E-state index < -0.39 is 6.10 Å². The van der Waals surface area contributed by atoms with Gasteiger partial charge in [0.05, 0.1) is 6.10 Å². The van der Waals surface area contributed by atoms with Gasteiger partial charge in [-0.05, 0) is 42.5 Å². The number of benzene rings is 1. The first-order valence-corrected chi connectivity index (χ1v) is 4.74. The van der Waals surface area contributed by atoms with Crippen LogP contribution in [0.5, 0.6) is 0 Å². The Labute approximate surface area is 77.2 Å². The van der Waals surface area contributed by atoms with Crippen LogP contribution in [0.4, 0.5) is 4.39 Å². The summed E-state index contributed by atoms with van der Waals surface area (Å²) in [5, 5.41) is 9.70. The van der Waals surface area contributed by atoms with Crippen molar-refractivity contribution in [3.05, 3.63) is 35.1 Å². The lowest BCUT2D eigenvalue weighted by molar-refractivity contribution is 0.166. The smallest absolute Gasteiger partial charge is 0.123 e. The highest BCUT2D eigenvalue weighted by Crippen LogP contribution is 2.28. The van der Waals surface area contributed by atoms with Crippen LogP contribution in [0.2, 0.25) is 0 Å². The van der Waals surface area contributed by atoms with Crippen LogP contribution in [0.1, 0.15) is 36.5 Å². The summed E-state index contributed by atoms with van der Waals surface area (Å²) in [6.07, 6.45) is 3.38. The highest BCUT2D eigenvalue weighted by Gasteiger charge is 2.16. The van der Waals surface area contributed by atoms with Gasteiger partial charge in [0.15, 0.2) is 0 Å². The molecule has 0 bridgehead atoms. The molecule has 1 aliphatic rings. The van der Waals surface area contributed by atoms with Gasteiger partial charge in [-0.2, -0.15) is 0 Å². The minimum absolute atomic E-state index is 0.250. The van der Waals surface area contributed by atoms with E-state index >= 15 is 0 Å². The van der Waals surface area contributed by atoms with E-state index in [-0.39, 0.29) is 5.82 Å². The molecule has 1 N–H and O–H groups in total. The van der Waals surface area contributed by atoms with Crippen molar-refractivity contribution in [3.8, 4) is 0 Å². The summed E-state index contributed by atoms with van der Waals surface area (Å²) in [7, 11) is 0. The summed E-state index contributed by atoms with van der Waals surface area (Å²) in [6.45, 7) is 0. The van der Waals surface area contributed by atoms with Crippen LogP contribution >= 0.6 is 0 Å². The number of aliphatic hydroxyl groups is 1. The molecule has 0 aliphatic heterocycles. The number of aryl methyl sites for hydroxylation is 1. The van der Waals surface area contributed by atoms with Gasteiger partial charge in [-0.3, -0.25) is 0 Å². The Morgan fingerprint density at radius 1 is 1.31 bits per heavy atom. The van der Waals surface area contributed by atoms with Gasteiger partial charge in [0, 0.05) is 0 Å². The number of hydrogen-bond acceptors (Lipinski definition) is 1. The van der Waals surface area contributed by atoms with Crippen molar-refractivity contribution in [3.63, 3.8) is 0 Å². The van der Waals surface area contributed by atoms with E-state index in [1.807, 2.05) is 0 Å². The molecule has 1 aromatic carbocycles. The first kappa shape index (κ1) is 8.70. The molecule has 0 amide bonds. The van der Waals surface area contributed by atoms with E-state index in [2.05, 4.69) is 0 Å². The molecule has 0 radical (unpaired) electrons. The molecule has 1 atom stereocenters. The fourth-order valence-corrected chi connectivity index (χ4v) is 1.91. The third kappa shape index (κ3) is 1.73. The molecule has 0 saturated heterocycles. The topological polar surface area (TPSA) is 20.2 Å². The molecule has 2 heteroatoms. The van der Waals surface area contributed by atoms with Crippen LogP contribution in [0.25, 0.3) is 0 Å². The quantitative estimate of drug-likeness (QED) is 0.608. The summed E-state index contributed by atoms with van der Waals surface area (Å²) >= 11 is 0. The maximum atomic E-state index is 12.9. The van der Waals surface area contributed by atoms with Gasteiger partial charge < -0.3 is 5.11 Å². The Bertz CT molecular complexity index is 309. The van der Waals surface area contributed by atoms with Gasteiger partial charge >= 0.3 is 0 Å². The standard InChI is InChI=1S/C11H13FO/c12-9-6-5-8-3-1-2-4-11(13)10(8)7-9/h5-7,11,13H,1-4H2/t11-/m1/s1. The number of fused-ring (bicyclic) bond motifs is 1. The lowest BCUT2D eigenvalue weighted by Gasteiger charge is -2.10. The molecule has 2 rings (SSSR count). The van der Waals surface area contributed by atoms with Crippen molar-refractivity contribution in [2.24, 2.45) is 0 Å². The first-order valence-electron chi connectivity index (χ1n) is 4.74. The molecule has 13 heavy (non-hydrogen) atoms. The number of rotatable bonds is 0. The van der Waals surface area contributed by atoms with Crippen molar-refractivity contribution in [2.75, 3.05) is 0 Å². The third-order valence-electron chi connectivity index (χ3n) is 2.64. The monoisotopic (exact) mass is 180 g/mol. The molecule has 0 saturated carbocycles. The minimum Gasteiger partial charge on any atom is -0.388 e. The summed E-state index contributed by atoms with van der Waals surface area (Å²) in [6, 6.07) is 4.72. The second kappa shape index (κ2) is 3.46. The summed E-state index contributed by atoms with van der Waals surface area (Å²) in [4.78, 5) is 0. The Morgan fingerprint density at radius 2 is 2.15 bits per heavy atom. The van der Waals surface area contributed by atoms with E-state index in [0.29, 0.717) is 0 Å². The predicted molar refractivity (Wildman–Crippen MR) is 48.9 cm³/mol. The van der Waals surface area contributed by atoms with Crippen LogP contribution < -0.4 is 0 Å². The fraction of sp³-hybridized carbons (Fsp3) is 0.455. The highest BCUT2D eigenvalue weighted by molar-refractivity contribution is 5.30. The first-order chi connectivity index (χ1) is 6.27. The number of halogens is 1. The molecule has 0 heterocycles. The van der Waals surface area contributed by atoms with Crippen molar-refractivity contribution in [2.45, 2.75) is 31.8 Å². The van der Waals surface area contributed by atoms with Crippen molar-refractivity contribution in [1.29, 1.82) is 0 Å². The van der Waals surface area contributed by atoms with Crippen molar-refractivity contribution < 1.29 is 9.50 Å². The van der Waals surface area contributed by atoms with E-state index in [1.54, 1.807) is 6.07 Å². The van der Waals surface area contributed by atoms with E-state index in [4.69, 9.17) is 0 Å². The van der Waals surface area contributed by atoms with Crippen LogP contribution in [0, 0.1) is 5.82 Å². The minimum atomic E-state index is -0.465. The molecule has 1 nitrogen and oxygen atoms in total. The van der Waals surface area contributed by atoms with E-state index in [1.165, 1.54) is 12.1 Å². The lowest BCUT2D eigenvalue weighted by Crippen LogP contribution is -1.99. The maximum absolute atomic E-state index is 12.9. The Balaban J connectivity index is 2.43. The fourth-order valence-electron chi connectivity index (χ4n) is 1.91. The Hall–Kier alpha value is -0.890. The van der Waals surface area contributed by atoms with E-state index in [9.17, 15) is 9.50 Å². The molecular weight excluding hydrogens is 167 g/mol. The van der Waals surface area contributed by atoms with Crippen LogP contribution in [-0.4, -0.2) is 5.11 Å². The zero-order valence-corrected chi connectivity index (χ0v) is 7.46. The molecule has 0 unspecified atom stereocenters. The third-order valence-corrected chi connectivity index (χ3v) is 2.64. The second-order valence-electron chi connectivity index (χ2n) is 3.60. The molecule has 0 aromatic heterocycles. The molecule has 1 aliphatic carbocycles. The van der Waals surface area contributed by atoms with Crippen LogP contribution in [-0.2, 0) is 6.42 Å². The second-order valence-corrected chi connectivity index (χ2v) is 3.60. The Kier molecular flexibility index (Phi) is 2.32. The van der Waals surface area contributed by atoms with Gasteiger partial charge in [-0.25, -0.2) is 4.39 Å². The zero-order valence-electron chi connectivity index (χ0n) is 7.46. The molecule has 70 valence electrons. The van der Waals surface area contributed by atoms with Crippen LogP contribution in [0.3, 0.4) is 0 Å². The summed E-state index contributed by atoms with van der Waals surface area (Å²) in [5.41, 5.74) is 1.89. The van der Waals surface area contributed by atoms with Crippen molar-refractivity contribution in [1.82, 2.24) is 0 Å². The normalized spacial score (nSPS) is 22.2. The van der Waals surface area contributed by atoms with Gasteiger partial charge in [0.1, 0.15) is 5.82 Å². The molecular formula is C11H13FO. The molecule has 1 aromatic rings. The van der Waals surface area contributed by atoms with E-state index in [0.717, 1.165) is 36.8 Å². The largest absolute Gasteiger partial charge is 0.388 e. The average molecular weight is 180 g/mol. The van der Waals surface area contributed by atoms with Gasteiger partial charge in [0.2, 0.25) is 0 Å². The maximum Gasteiger partial charge on any atom is 0.123 e. The summed E-state index contributed by atoms with van der Waals surface area (Å²) < 4.78 is 12.9. The SMILES string of the molecule is O[C@@H]1CCCCc2ccc(F)cc21. The zero-order chi connectivity index (χ0) is 9.26. The molecule has 0 spiro atoms. The van der Waals surface area contributed by atoms with Gasteiger partial charge in [-0.1, -0.05) is 12.5 Å². The predicted octanol–water partition coefficient (Wildman–Crippen LogP) is 2.59. The summed E-state index contributed by atoms with van der Waals surface area (Å²) in [5.74, 6) is -0.250. The lowest BCUT2D eigenvalue weighted by atomic mass is 10.0. The average Bonchev–Trinajstić information content (AvgIpc) is 2.29. The van der Waals surface area contributed by atoms with Crippen LogP contribution in [0.15, 0.2) is 18.2 Å². The number of hydrogen-bond donors (Lipinski definition) is 1. The molecule has 0 fully saturated rings. The highest BCUT2D eigenvalue weighted by atomic mass is 19.1. The van der Waals surface area contributed by atoms with Crippen molar-refractivity contribution >= 4 is 0 Å². The van der Waals surface area contributed by atoms with Gasteiger partial charge in [-0.15, -0.1) is 0 Å².